The van der Waals surface area contributed by atoms with Crippen molar-refractivity contribution in [3.63, 3.8) is 0 Å². The molecule has 4 fully saturated rings. The van der Waals surface area contributed by atoms with Gasteiger partial charge in [-0.3, -0.25) is 23.3 Å². The molecule has 1 atom stereocenters. The Hall–Kier alpha value is -2.36. The maximum absolute atomic E-state index is 13.0. The number of hydrogen-bond donors (Lipinski definition) is 0. The lowest BCUT2D eigenvalue weighted by atomic mass is 9.47. The van der Waals surface area contributed by atoms with E-state index in [9.17, 15) is 9.59 Å². The van der Waals surface area contributed by atoms with Crippen LogP contribution in [-0.2, 0) is 13.1 Å². The number of nitrogens with zero attached hydrogens (tertiary/aromatic N) is 5. The average molecular weight is 536 g/mol. The van der Waals surface area contributed by atoms with Gasteiger partial charge in [0, 0.05) is 53.4 Å². The second-order valence-electron chi connectivity index (χ2n) is 12.0. The maximum Gasteiger partial charge on any atom is 0.259 e. The number of fused-ring (bicyclic) bond motifs is 2. The first kappa shape index (κ1) is 23.7. The average Bonchev–Trinajstić information content (AvgIpc) is 3.40. The Morgan fingerprint density at radius 3 is 1.73 bits per heavy atom. The van der Waals surface area contributed by atoms with Crippen molar-refractivity contribution in [2.24, 2.45) is 23.2 Å². The van der Waals surface area contributed by atoms with E-state index in [2.05, 4.69) is 11.8 Å². The summed E-state index contributed by atoms with van der Waals surface area (Å²) >= 11 is 3.03. The Morgan fingerprint density at radius 1 is 0.865 bits per heavy atom. The smallest absolute Gasteiger partial charge is 0.259 e. The summed E-state index contributed by atoms with van der Waals surface area (Å²) in [6, 6.07) is 3.71. The third-order valence-corrected chi connectivity index (χ3v) is 11.4. The molecule has 9 heteroatoms. The van der Waals surface area contributed by atoms with Crippen molar-refractivity contribution in [3.05, 3.63) is 66.4 Å². The maximum atomic E-state index is 13.0. The molecule has 8 rings (SSSR count). The highest BCUT2D eigenvalue weighted by Crippen LogP contribution is 2.62. The number of hydrogen-bond acceptors (Lipinski definition) is 7. The van der Waals surface area contributed by atoms with Crippen LogP contribution in [0.2, 0.25) is 0 Å². The number of thiazole rings is 2. The Labute approximate surface area is 223 Å². The summed E-state index contributed by atoms with van der Waals surface area (Å²) < 4.78 is 3.38. The summed E-state index contributed by atoms with van der Waals surface area (Å²) in [5.41, 5.74) is 3.70. The van der Waals surface area contributed by atoms with Gasteiger partial charge in [0.05, 0.1) is 11.4 Å². The summed E-state index contributed by atoms with van der Waals surface area (Å²) in [4.78, 5) is 39.7. The van der Waals surface area contributed by atoms with Crippen molar-refractivity contribution < 1.29 is 0 Å². The fourth-order valence-electron chi connectivity index (χ4n) is 8.19. The van der Waals surface area contributed by atoms with E-state index in [1.807, 2.05) is 24.6 Å². The molecule has 0 unspecified atom stereocenters. The van der Waals surface area contributed by atoms with Gasteiger partial charge in [0.25, 0.3) is 11.1 Å². The number of aryl methyl sites for hydroxylation is 2. The fourth-order valence-corrected chi connectivity index (χ4v) is 9.97. The van der Waals surface area contributed by atoms with Gasteiger partial charge in [0.15, 0.2) is 9.92 Å². The van der Waals surface area contributed by atoms with Crippen LogP contribution in [0, 0.1) is 37.0 Å². The largest absolute Gasteiger partial charge is 0.288 e. The van der Waals surface area contributed by atoms with Crippen LogP contribution in [0.15, 0.2) is 32.5 Å². The van der Waals surface area contributed by atoms with Gasteiger partial charge in [-0.15, -0.1) is 22.7 Å². The van der Waals surface area contributed by atoms with E-state index in [1.54, 1.807) is 20.9 Å². The third-order valence-electron chi connectivity index (χ3n) is 9.51. The second-order valence-corrected chi connectivity index (χ2v) is 13.7. The van der Waals surface area contributed by atoms with E-state index in [0.29, 0.717) is 24.5 Å². The third kappa shape index (κ3) is 3.92. The summed E-state index contributed by atoms with van der Waals surface area (Å²) in [5, 5.41) is 3.97. The number of aromatic nitrogens is 4. The molecule has 4 aromatic rings. The first-order valence-electron chi connectivity index (χ1n) is 13.5. The van der Waals surface area contributed by atoms with Gasteiger partial charge in [-0.25, -0.2) is 9.97 Å². The van der Waals surface area contributed by atoms with E-state index in [1.165, 1.54) is 61.2 Å². The quantitative estimate of drug-likeness (QED) is 0.346. The van der Waals surface area contributed by atoms with Gasteiger partial charge >= 0.3 is 0 Å². The molecule has 0 aliphatic heterocycles. The molecule has 4 saturated carbocycles. The van der Waals surface area contributed by atoms with Crippen molar-refractivity contribution in [2.75, 3.05) is 0 Å². The van der Waals surface area contributed by atoms with E-state index in [4.69, 9.17) is 9.97 Å². The van der Waals surface area contributed by atoms with Crippen LogP contribution in [0.4, 0.5) is 0 Å². The van der Waals surface area contributed by atoms with E-state index in [0.717, 1.165) is 50.5 Å². The molecular weight excluding hydrogens is 502 g/mol. The zero-order chi connectivity index (χ0) is 25.5. The molecule has 0 saturated heterocycles. The monoisotopic (exact) mass is 535 g/mol. The van der Waals surface area contributed by atoms with Gasteiger partial charge in [0.2, 0.25) is 0 Å². The second kappa shape index (κ2) is 8.58. The Morgan fingerprint density at radius 2 is 1.30 bits per heavy atom. The summed E-state index contributed by atoms with van der Waals surface area (Å²) in [7, 11) is 0. The molecule has 0 spiro atoms. The van der Waals surface area contributed by atoms with Gasteiger partial charge in [-0.1, -0.05) is 0 Å². The summed E-state index contributed by atoms with van der Waals surface area (Å²) in [5.74, 6) is 2.57. The first-order chi connectivity index (χ1) is 17.8. The predicted octanol–water partition coefficient (Wildman–Crippen LogP) is 5.05. The molecule has 7 nitrogen and oxygen atoms in total. The van der Waals surface area contributed by atoms with Gasteiger partial charge in [-0.05, 0) is 82.5 Å². The zero-order valence-corrected chi connectivity index (χ0v) is 23.3. The van der Waals surface area contributed by atoms with Gasteiger partial charge in [0.1, 0.15) is 0 Å². The van der Waals surface area contributed by atoms with Crippen LogP contribution < -0.4 is 11.1 Å². The highest BCUT2D eigenvalue weighted by molar-refractivity contribution is 7.15. The topological polar surface area (TPSA) is 72.0 Å². The molecule has 0 N–H and O–H groups in total. The molecule has 0 aromatic carbocycles. The highest BCUT2D eigenvalue weighted by Gasteiger charge is 2.54. The minimum atomic E-state index is -0.0204. The molecule has 37 heavy (non-hydrogen) atoms. The van der Waals surface area contributed by atoms with Crippen molar-refractivity contribution in [2.45, 2.75) is 78.4 Å². The van der Waals surface area contributed by atoms with Gasteiger partial charge in [-0.2, -0.15) is 0 Å². The first-order valence-corrected chi connectivity index (χ1v) is 15.2. The number of rotatable bonds is 6. The van der Waals surface area contributed by atoms with Gasteiger partial charge < -0.3 is 0 Å². The fraction of sp³-hybridized carbons (Fsp3) is 0.571. The predicted molar refractivity (Wildman–Crippen MR) is 147 cm³/mol. The molecule has 4 aliphatic rings. The normalized spacial score (nSPS) is 27.6. The SMILES string of the molecule is Cc1csc2nc(CN(Cc3cc(=O)n4c(C)csc4n3)[C@H](C)C34CC5CC(CC(C5)C3)C4)cc(=O)n12. The Bertz CT molecular complexity index is 1500. The molecule has 194 valence electrons. The van der Waals surface area contributed by atoms with E-state index >= 15 is 0 Å². The molecular formula is C28H33N5O2S2. The van der Waals surface area contributed by atoms with Crippen molar-refractivity contribution in [1.29, 1.82) is 0 Å². The van der Waals surface area contributed by atoms with Crippen molar-refractivity contribution >= 4 is 32.6 Å². The lowest BCUT2D eigenvalue weighted by molar-refractivity contribution is -0.100. The Kier molecular flexibility index (Phi) is 5.50. The minimum Gasteiger partial charge on any atom is -0.288 e. The van der Waals surface area contributed by atoms with Crippen LogP contribution in [0.3, 0.4) is 0 Å². The van der Waals surface area contributed by atoms with Crippen LogP contribution in [0.5, 0.6) is 0 Å². The summed E-state index contributed by atoms with van der Waals surface area (Å²) in [6.07, 6.45) is 8.13. The lowest BCUT2D eigenvalue weighted by Crippen LogP contribution is -2.55. The lowest BCUT2D eigenvalue weighted by Gasteiger charge is -2.60. The molecule has 4 aliphatic carbocycles. The van der Waals surface area contributed by atoms with Crippen LogP contribution in [0.1, 0.15) is 68.2 Å². The van der Waals surface area contributed by atoms with Crippen LogP contribution in [0.25, 0.3) is 9.92 Å². The molecule has 0 radical (unpaired) electrons. The molecule has 4 aromatic heterocycles. The standard InChI is InChI=1S/C28H33N5O2S2/c1-16-14-36-26-29-22(7-24(34)32(16)26)12-31(13-23-8-25(35)33-17(2)15-37-27(33)30-23)18(3)28-9-19-4-20(10-28)6-21(5-19)11-28/h7-8,14-15,18-21H,4-6,9-13H2,1-3H3/t18-,19?,20?,21?,28?/m1/s1. The molecule has 4 bridgehead atoms. The molecule has 4 heterocycles. The zero-order valence-electron chi connectivity index (χ0n) is 21.6. The van der Waals surface area contributed by atoms with E-state index < -0.39 is 0 Å². The van der Waals surface area contributed by atoms with Crippen LogP contribution in [-0.4, -0.2) is 29.7 Å². The van der Waals surface area contributed by atoms with E-state index in [-0.39, 0.29) is 11.1 Å². The van der Waals surface area contributed by atoms with Crippen LogP contribution >= 0.6 is 22.7 Å². The molecule has 0 amide bonds. The summed E-state index contributed by atoms with van der Waals surface area (Å²) in [6.45, 7) is 7.43. The highest BCUT2D eigenvalue weighted by atomic mass is 32.1. The minimum absolute atomic E-state index is 0.0204. The van der Waals surface area contributed by atoms with Crippen molar-refractivity contribution in [3.8, 4) is 0 Å². The van der Waals surface area contributed by atoms with Crippen molar-refractivity contribution in [1.82, 2.24) is 23.7 Å². The Balaban J connectivity index is 1.27.